The van der Waals surface area contributed by atoms with E-state index in [9.17, 15) is 4.79 Å². The van der Waals surface area contributed by atoms with Gasteiger partial charge in [-0.15, -0.1) is 0 Å². The minimum absolute atomic E-state index is 0.206. The molecule has 1 amide bonds. The fourth-order valence-electron chi connectivity index (χ4n) is 5.25. The average molecular weight is 441 g/mol. The molecule has 4 nitrogen and oxygen atoms in total. The Hall–Kier alpha value is -3.11. The number of benzene rings is 3. The summed E-state index contributed by atoms with van der Waals surface area (Å²) in [6.45, 7) is 6.96. The number of hydrogen-bond donors (Lipinski definition) is 0. The molecule has 170 valence electrons. The number of hydrogen-bond acceptors (Lipinski definition) is 3. The predicted molar refractivity (Wildman–Crippen MR) is 131 cm³/mol. The molecule has 2 atom stereocenters. The van der Waals surface area contributed by atoms with Gasteiger partial charge in [-0.2, -0.15) is 0 Å². The van der Waals surface area contributed by atoms with Crippen LogP contribution in [0.15, 0.2) is 78.9 Å². The fourth-order valence-corrected chi connectivity index (χ4v) is 5.25. The Bertz CT molecular complexity index is 1080. The normalized spacial score (nSPS) is 20.5. The van der Waals surface area contributed by atoms with Gasteiger partial charge in [-0.1, -0.05) is 84.4 Å². The van der Waals surface area contributed by atoms with Crippen LogP contribution in [0.2, 0.25) is 0 Å². The summed E-state index contributed by atoms with van der Waals surface area (Å²) in [5.41, 5.74) is 6.51. The summed E-state index contributed by atoms with van der Waals surface area (Å²) >= 11 is 0. The summed E-state index contributed by atoms with van der Waals surface area (Å²) in [6.07, 6.45) is 0.892. The van der Waals surface area contributed by atoms with Crippen LogP contribution >= 0.6 is 0 Å². The van der Waals surface area contributed by atoms with Crippen molar-refractivity contribution in [3.8, 4) is 0 Å². The number of likely N-dealkylation sites (tertiary alicyclic amines) is 1. The third-order valence-electron chi connectivity index (χ3n) is 7.11. The zero-order valence-electron chi connectivity index (χ0n) is 19.3. The van der Waals surface area contributed by atoms with Crippen LogP contribution in [0, 0.1) is 12.8 Å². The Balaban J connectivity index is 1.28. The number of carbonyl (C=O) groups excluding carboxylic acids is 1. The maximum absolute atomic E-state index is 12.9. The first-order valence-corrected chi connectivity index (χ1v) is 12.0. The molecule has 33 heavy (non-hydrogen) atoms. The summed E-state index contributed by atoms with van der Waals surface area (Å²) in [7, 11) is 0. The number of aryl methyl sites for hydroxylation is 1. The van der Waals surface area contributed by atoms with Crippen LogP contribution in [0.3, 0.4) is 0 Å². The van der Waals surface area contributed by atoms with Gasteiger partial charge in [0.1, 0.15) is 6.61 Å². The number of amides is 1. The zero-order chi connectivity index (χ0) is 22.6. The van der Waals surface area contributed by atoms with Crippen LogP contribution in [0.5, 0.6) is 0 Å². The molecule has 0 saturated carbocycles. The molecule has 5 rings (SSSR count). The lowest BCUT2D eigenvalue weighted by Gasteiger charge is -2.32. The van der Waals surface area contributed by atoms with E-state index in [2.05, 4.69) is 60.4 Å². The van der Waals surface area contributed by atoms with Crippen LogP contribution in [-0.4, -0.2) is 42.1 Å². The van der Waals surface area contributed by atoms with Crippen molar-refractivity contribution in [2.24, 2.45) is 5.92 Å². The van der Waals surface area contributed by atoms with Gasteiger partial charge in [0.25, 0.3) is 0 Å². The van der Waals surface area contributed by atoms with Gasteiger partial charge in [-0.05, 0) is 41.5 Å². The van der Waals surface area contributed by atoms with E-state index in [1.54, 1.807) is 0 Å². The lowest BCUT2D eigenvalue weighted by Crippen LogP contribution is -2.37. The van der Waals surface area contributed by atoms with E-state index in [0.717, 1.165) is 38.2 Å². The molecule has 2 aliphatic heterocycles. The zero-order valence-corrected chi connectivity index (χ0v) is 19.3. The molecule has 2 heterocycles. The number of fused-ring (bicyclic) bond motifs is 1. The van der Waals surface area contributed by atoms with Crippen molar-refractivity contribution in [3.05, 3.63) is 107 Å². The second-order valence-electron chi connectivity index (χ2n) is 9.48. The number of rotatable bonds is 5. The maximum Gasteiger partial charge on any atom is 0.410 e. The van der Waals surface area contributed by atoms with Gasteiger partial charge < -0.3 is 9.64 Å². The lowest BCUT2D eigenvalue weighted by atomic mass is 9.87. The van der Waals surface area contributed by atoms with Crippen molar-refractivity contribution in [2.75, 3.05) is 26.2 Å². The van der Waals surface area contributed by atoms with E-state index < -0.39 is 0 Å². The Morgan fingerprint density at radius 3 is 2.42 bits per heavy atom. The van der Waals surface area contributed by atoms with Crippen molar-refractivity contribution in [3.63, 3.8) is 0 Å². The average Bonchev–Trinajstić information content (AvgIpc) is 3.27. The SMILES string of the molecule is Cc1ccc(C2CN(C(=O)OCc3ccccc3)CC2CN2CCc3ccccc3C2)cc1. The third-order valence-corrected chi connectivity index (χ3v) is 7.11. The minimum atomic E-state index is -0.206. The largest absolute Gasteiger partial charge is 0.445 e. The molecule has 4 heteroatoms. The predicted octanol–water partition coefficient (Wildman–Crippen LogP) is 5.41. The van der Waals surface area contributed by atoms with Gasteiger partial charge in [0, 0.05) is 38.6 Å². The summed E-state index contributed by atoms with van der Waals surface area (Å²) < 4.78 is 5.67. The van der Waals surface area contributed by atoms with Crippen molar-refractivity contribution >= 4 is 6.09 Å². The van der Waals surface area contributed by atoms with Gasteiger partial charge in [0.15, 0.2) is 0 Å². The quantitative estimate of drug-likeness (QED) is 0.532. The number of carbonyl (C=O) groups is 1. The second-order valence-corrected chi connectivity index (χ2v) is 9.48. The fraction of sp³-hybridized carbons (Fsp3) is 0.345. The molecule has 1 saturated heterocycles. The van der Waals surface area contributed by atoms with Crippen molar-refractivity contribution < 1.29 is 9.53 Å². The van der Waals surface area contributed by atoms with Crippen LogP contribution < -0.4 is 0 Å². The smallest absolute Gasteiger partial charge is 0.410 e. The van der Waals surface area contributed by atoms with Crippen molar-refractivity contribution in [1.82, 2.24) is 9.80 Å². The number of nitrogens with zero attached hydrogens (tertiary/aromatic N) is 2. The van der Waals surface area contributed by atoms with E-state index in [1.807, 2.05) is 35.2 Å². The molecule has 0 bridgehead atoms. The van der Waals surface area contributed by atoms with Crippen LogP contribution in [-0.2, 0) is 24.3 Å². The van der Waals surface area contributed by atoms with E-state index in [1.165, 1.54) is 22.3 Å². The molecule has 2 unspecified atom stereocenters. The molecule has 1 fully saturated rings. The summed E-state index contributed by atoms with van der Waals surface area (Å²) in [6, 6.07) is 27.5. The molecule has 0 aromatic heterocycles. The van der Waals surface area contributed by atoms with Gasteiger partial charge in [0.05, 0.1) is 0 Å². The minimum Gasteiger partial charge on any atom is -0.445 e. The molecule has 0 aliphatic carbocycles. The number of ether oxygens (including phenoxy) is 1. The maximum atomic E-state index is 12.9. The van der Waals surface area contributed by atoms with Crippen molar-refractivity contribution in [1.29, 1.82) is 0 Å². The standard InChI is InChI=1S/C29H32N2O2/c1-22-11-13-25(14-12-22)28-20-31(29(32)33-21-23-7-3-2-4-8-23)19-27(28)18-30-16-15-24-9-5-6-10-26(24)17-30/h2-14,27-28H,15-21H2,1H3. The van der Waals surface area contributed by atoms with E-state index in [-0.39, 0.29) is 6.09 Å². The molecule has 3 aromatic rings. The van der Waals surface area contributed by atoms with Gasteiger partial charge in [0.2, 0.25) is 0 Å². The van der Waals surface area contributed by atoms with Crippen LogP contribution in [0.25, 0.3) is 0 Å². The molecule has 2 aliphatic rings. The summed E-state index contributed by atoms with van der Waals surface area (Å²) in [4.78, 5) is 17.4. The highest BCUT2D eigenvalue weighted by Gasteiger charge is 2.38. The van der Waals surface area contributed by atoms with E-state index in [0.29, 0.717) is 25.0 Å². The van der Waals surface area contributed by atoms with Crippen LogP contribution in [0.1, 0.15) is 33.7 Å². The Morgan fingerprint density at radius 1 is 0.909 bits per heavy atom. The Kier molecular flexibility index (Phi) is 6.45. The first kappa shape index (κ1) is 21.7. The van der Waals surface area contributed by atoms with E-state index in [4.69, 9.17) is 4.74 Å². The van der Waals surface area contributed by atoms with Gasteiger partial charge >= 0.3 is 6.09 Å². The molecule has 3 aromatic carbocycles. The highest BCUT2D eigenvalue weighted by Crippen LogP contribution is 2.35. The van der Waals surface area contributed by atoms with E-state index >= 15 is 0 Å². The lowest BCUT2D eigenvalue weighted by molar-refractivity contribution is 0.102. The molecular formula is C29H32N2O2. The molecular weight excluding hydrogens is 408 g/mol. The van der Waals surface area contributed by atoms with Gasteiger partial charge in [-0.3, -0.25) is 4.90 Å². The summed E-state index contributed by atoms with van der Waals surface area (Å²) in [5, 5.41) is 0. The van der Waals surface area contributed by atoms with Crippen molar-refractivity contribution in [2.45, 2.75) is 32.4 Å². The summed E-state index contributed by atoms with van der Waals surface area (Å²) in [5.74, 6) is 0.717. The third kappa shape index (κ3) is 5.12. The molecule has 0 N–H and O–H groups in total. The topological polar surface area (TPSA) is 32.8 Å². The first-order valence-electron chi connectivity index (χ1n) is 12.0. The molecule has 0 radical (unpaired) electrons. The Morgan fingerprint density at radius 2 is 1.64 bits per heavy atom. The molecule has 0 spiro atoms. The van der Waals surface area contributed by atoms with Gasteiger partial charge in [-0.25, -0.2) is 4.79 Å². The highest BCUT2D eigenvalue weighted by atomic mass is 16.6. The highest BCUT2D eigenvalue weighted by molar-refractivity contribution is 5.68. The second kappa shape index (κ2) is 9.80. The monoisotopic (exact) mass is 440 g/mol. The Labute approximate surface area is 196 Å². The van der Waals surface area contributed by atoms with Crippen LogP contribution in [0.4, 0.5) is 4.79 Å². The first-order chi connectivity index (χ1) is 16.2.